The highest BCUT2D eigenvalue weighted by atomic mass is 16.5. The van der Waals surface area contributed by atoms with Gasteiger partial charge in [-0.1, -0.05) is 61.5 Å². The highest BCUT2D eigenvalue weighted by Gasteiger charge is 2.38. The van der Waals surface area contributed by atoms with Crippen molar-refractivity contribution >= 4 is 29.3 Å². The standard InChI is InChI=1S/C30H31N3O5/c1-4-19-33-27(21-11-7-6-8-12-21)25(29(35)38-5-2)26(32-30(33)36)20-15-17-22(18-16-20)31-28(34)23-13-9-10-14-24(23)37-3/h6-18,26H,4-5,19H2,1-3H3,(H,31,34)(H,32,36). The van der Waals surface area contributed by atoms with Gasteiger partial charge in [-0.15, -0.1) is 0 Å². The Kier molecular flexibility index (Phi) is 8.43. The monoisotopic (exact) mass is 513 g/mol. The molecule has 1 aliphatic rings. The number of urea groups is 1. The Bertz CT molecular complexity index is 1340. The Hall–Kier alpha value is -4.59. The first-order valence-electron chi connectivity index (χ1n) is 12.6. The summed E-state index contributed by atoms with van der Waals surface area (Å²) >= 11 is 0. The summed E-state index contributed by atoms with van der Waals surface area (Å²) in [7, 11) is 1.51. The summed E-state index contributed by atoms with van der Waals surface area (Å²) in [6.45, 7) is 4.37. The molecule has 38 heavy (non-hydrogen) atoms. The molecule has 2 N–H and O–H groups in total. The van der Waals surface area contributed by atoms with E-state index in [1.165, 1.54) is 7.11 Å². The zero-order chi connectivity index (χ0) is 27.1. The van der Waals surface area contributed by atoms with E-state index in [0.29, 0.717) is 46.8 Å². The molecule has 0 saturated carbocycles. The lowest BCUT2D eigenvalue weighted by molar-refractivity contribution is -0.138. The summed E-state index contributed by atoms with van der Waals surface area (Å²) in [5.41, 5.74) is 3.30. The molecule has 0 saturated heterocycles. The van der Waals surface area contributed by atoms with Crippen LogP contribution in [0.2, 0.25) is 0 Å². The normalized spacial score (nSPS) is 15.1. The van der Waals surface area contributed by atoms with Crippen molar-refractivity contribution in [1.82, 2.24) is 10.2 Å². The number of anilines is 1. The van der Waals surface area contributed by atoms with Crippen molar-refractivity contribution < 1.29 is 23.9 Å². The maximum atomic E-state index is 13.3. The first-order chi connectivity index (χ1) is 18.5. The Balaban J connectivity index is 1.72. The molecule has 3 aromatic rings. The van der Waals surface area contributed by atoms with Crippen LogP contribution in [0.4, 0.5) is 10.5 Å². The topological polar surface area (TPSA) is 97.0 Å². The van der Waals surface area contributed by atoms with Crippen LogP contribution in [0.3, 0.4) is 0 Å². The Morgan fingerprint density at radius 3 is 2.29 bits per heavy atom. The predicted molar refractivity (Wildman–Crippen MR) is 146 cm³/mol. The molecule has 1 aliphatic heterocycles. The number of amides is 3. The summed E-state index contributed by atoms with van der Waals surface area (Å²) in [6.07, 6.45) is 0.713. The molecule has 196 valence electrons. The summed E-state index contributed by atoms with van der Waals surface area (Å²) in [6, 6.07) is 22.3. The number of ether oxygens (including phenoxy) is 2. The number of para-hydroxylation sites is 1. The van der Waals surface area contributed by atoms with Crippen LogP contribution in [0.25, 0.3) is 5.70 Å². The third-order valence-corrected chi connectivity index (χ3v) is 6.17. The number of nitrogens with one attached hydrogen (secondary N) is 2. The summed E-state index contributed by atoms with van der Waals surface area (Å²) in [5.74, 6) is -0.332. The van der Waals surface area contributed by atoms with E-state index >= 15 is 0 Å². The first kappa shape index (κ1) is 26.5. The van der Waals surface area contributed by atoms with E-state index in [1.54, 1.807) is 60.4 Å². The Morgan fingerprint density at radius 1 is 0.947 bits per heavy atom. The van der Waals surface area contributed by atoms with Gasteiger partial charge >= 0.3 is 12.0 Å². The van der Waals surface area contributed by atoms with Gasteiger partial charge in [0.05, 0.1) is 36.6 Å². The van der Waals surface area contributed by atoms with Gasteiger partial charge in [0, 0.05) is 12.2 Å². The molecule has 8 nitrogen and oxygen atoms in total. The number of methoxy groups -OCH3 is 1. The highest BCUT2D eigenvalue weighted by molar-refractivity contribution is 6.06. The highest BCUT2D eigenvalue weighted by Crippen LogP contribution is 2.37. The molecule has 0 fully saturated rings. The van der Waals surface area contributed by atoms with Crippen LogP contribution in [0.5, 0.6) is 5.75 Å². The second-order valence-electron chi connectivity index (χ2n) is 8.66. The molecule has 0 radical (unpaired) electrons. The molecule has 1 atom stereocenters. The van der Waals surface area contributed by atoms with Crippen LogP contribution in [0, 0.1) is 0 Å². The fourth-order valence-corrected chi connectivity index (χ4v) is 4.46. The summed E-state index contributed by atoms with van der Waals surface area (Å²) in [4.78, 5) is 41.0. The molecule has 0 aromatic heterocycles. The fourth-order valence-electron chi connectivity index (χ4n) is 4.46. The zero-order valence-electron chi connectivity index (χ0n) is 21.7. The number of carbonyl (C=O) groups is 3. The van der Waals surface area contributed by atoms with Crippen LogP contribution in [-0.4, -0.2) is 43.1 Å². The van der Waals surface area contributed by atoms with Crippen LogP contribution >= 0.6 is 0 Å². The van der Waals surface area contributed by atoms with E-state index in [9.17, 15) is 14.4 Å². The second-order valence-corrected chi connectivity index (χ2v) is 8.66. The molecule has 0 aliphatic carbocycles. The van der Waals surface area contributed by atoms with E-state index in [0.717, 1.165) is 5.56 Å². The number of benzene rings is 3. The lowest BCUT2D eigenvalue weighted by Crippen LogP contribution is -2.48. The predicted octanol–water partition coefficient (Wildman–Crippen LogP) is 5.40. The van der Waals surface area contributed by atoms with Crippen molar-refractivity contribution in [2.45, 2.75) is 26.3 Å². The molecular formula is C30H31N3O5. The van der Waals surface area contributed by atoms with Crippen LogP contribution in [0.1, 0.15) is 47.8 Å². The number of carbonyl (C=O) groups excluding carboxylic acids is 3. The molecule has 3 amide bonds. The van der Waals surface area contributed by atoms with Gasteiger partial charge < -0.3 is 20.1 Å². The van der Waals surface area contributed by atoms with Crippen LogP contribution in [0.15, 0.2) is 84.4 Å². The van der Waals surface area contributed by atoms with Gasteiger partial charge in [-0.3, -0.25) is 9.69 Å². The largest absolute Gasteiger partial charge is 0.496 e. The minimum atomic E-state index is -0.733. The summed E-state index contributed by atoms with van der Waals surface area (Å²) < 4.78 is 10.7. The Morgan fingerprint density at radius 2 is 1.63 bits per heavy atom. The van der Waals surface area contributed by atoms with Crippen molar-refractivity contribution in [1.29, 1.82) is 0 Å². The van der Waals surface area contributed by atoms with E-state index in [4.69, 9.17) is 9.47 Å². The minimum absolute atomic E-state index is 0.201. The van der Waals surface area contributed by atoms with E-state index in [1.807, 2.05) is 37.3 Å². The quantitative estimate of drug-likeness (QED) is 0.374. The molecular weight excluding hydrogens is 482 g/mol. The van der Waals surface area contributed by atoms with Crippen molar-refractivity contribution in [3.8, 4) is 5.75 Å². The second kappa shape index (κ2) is 12.1. The molecule has 0 bridgehead atoms. The lowest BCUT2D eigenvalue weighted by atomic mass is 9.91. The van der Waals surface area contributed by atoms with E-state index < -0.39 is 12.0 Å². The first-order valence-corrected chi connectivity index (χ1v) is 12.6. The Labute approximate surface area is 222 Å². The maximum Gasteiger partial charge on any atom is 0.338 e. The summed E-state index contributed by atoms with van der Waals surface area (Å²) in [5, 5.41) is 5.85. The average molecular weight is 514 g/mol. The number of rotatable bonds is 9. The average Bonchev–Trinajstić information content (AvgIpc) is 2.94. The zero-order valence-corrected chi connectivity index (χ0v) is 21.7. The molecule has 0 spiro atoms. The van der Waals surface area contributed by atoms with Gasteiger partial charge in [0.2, 0.25) is 0 Å². The van der Waals surface area contributed by atoms with Gasteiger partial charge in [-0.2, -0.15) is 0 Å². The molecule has 1 heterocycles. The third-order valence-electron chi connectivity index (χ3n) is 6.17. The molecule has 4 rings (SSSR count). The maximum absolute atomic E-state index is 13.3. The SMILES string of the molecule is CCCN1C(=O)NC(c2ccc(NC(=O)c3ccccc3OC)cc2)C(C(=O)OCC)=C1c1ccccc1. The molecule has 3 aromatic carbocycles. The number of nitrogens with zero attached hydrogens (tertiary/aromatic N) is 1. The lowest BCUT2D eigenvalue weighted by Gasteiger charge is -2.36. The van der Waals surface area contributed by atoms with Gasteiger partial charge in [0.1, 0.15) is 5.75 Å². The van der Waals surface area contributed by atoms with Crippen molar-refractivity contribution in [2.75, 3.05) is 25.6 Å². The van der Waals surface area contributed by atoms with Gasteiger partial charge in [-0.05, 0) is 48.7 Å². The van der Waals surface area contributed by atoms with Crippen molar-refractivity contribution in [3.63, 3.8) is 0 Å². The van der Waals surface area contributed by atoms with Gasteiger partial charge in [0.25, 0.3) is 5.91 Å². The minimum Gasteiger partial charge on any atom is -0.496 e. The van der Waals surface area contributed by atoms with Crippen LogP contribution < -0.4 is 15.4 Å². The van der Waals surface area contributed by atoms with Gasteiger partial charge in [0.15, 0.2) is 0 Å². The van der Waals surface area contributed by atoms with E-state index in [-0.39, 0.29) is 18.5 Å². The number of esters is 1. The smallest absolute Gasteiger partial charge is 0.338 e. The van der Waals surface area contributed by atoms with Crippen molar-refractivity contribution in [3.05, 3.63) is 101 Å². The third kappa shape index (κ3) is 5.54. The molecule has 1 unspecified atom stereocenters. The van der Waals surface area contributed by atoms with Crippen LogP contribution in [-0.2, 0) is 9.53 Å². The fraction of sp³-hybridized carbons (Fsp3) is 0.233. The van der Waals surface area contributed by atoms with Gasteiger partial charge in [-0.25, -0.2) is 9.59 Å². The number of hydrogen-bond acceptors (Lipinski definition) is 5. The number of hydrogen-bond donors (Lipinski definition) is 2. The van der Waals surface area contributed by atoms with Crippen molar-refractivity contribution in [2.24, 2.45) is 0 Å². The van der Waals surface area contributed by atoms with E-state index in [2.05, 4.69) is 10.6 Å². The molecule has 8 heteroatoms.